The van der Waals surface area contributed by atoms with Gasteiger partial charge in [0.2, 0.25) is 0 Å². The number of aromatic nitrogens is 1. The zero-order valence-electron chi connectivity index (χ0n) is 26.2. The van der Waals surface area contributed by atoms with E-state index in [2.05, 4.69) is 97.1 Å². The molecule has 2 aliphatic carbocycles. The molecule has 5 aromatic carbocycles. The van der Waals surface area contributed by atoms with Crippen molar-refractivity contribution in [3.05, 3.63) is 183 Å². The molecule has 0 radical (unpaired) electrons. The third kappa shape index (κ3) is 5.73. The number of fused-ring (bicyclic) bond motifs is 5. The minimum absolute atomic E-state index is 0.243. The average Bonchev–Trinajstić information content (AvgIpc) is 3.14. The standard InChI is InChI=1S/C44H36ClNO/c45-34-19-16-30(17-20-34)29-12-14-33(15-13-29)43(47)27-26-42-39(11-6-28-46-42)38-23-22-36(31-7-2-1-3-8-31)44-40-21-18-32-9-4-5-10-35(32)37(40)24-25-41(38)44/h1-17,19-21,24-25,28,38,43,47H,18,22-23,26-27H2. The summed E-state index contributed by atoms with van der Waals surface area (Å²) in [5, 5.41) is 14.8. The Hall–Kier alpha value is -4.76. The van der Waals surface area contributed by atoms with Gasteiger partial charge < -0.3 is 5.11 Å². The van der Waals surface area contributed by atoms with Gasteiger partial charge in [0.05, 0.1) is 6.10 Å². The lowest BCUT2D eigenvalue weighted by Gasteiger charge is -2.29. The second-order valence-electron chi connectivity index (χ2n) is 12.7. The molecule has 0 fully saturated rings. The van der Waals surface area contributed by atoms with E-state index in [-0.39, 0.29) is 5.92 Å². The highest BCUT2D eigenvalue weighted by atomic mass is 35.5. The molecule has 0 saturated heterocycles. The summed E-state index contributed by atoms with van der Waals surface area (Å²) in [5.74, 6) is 0.243. The Morgan fingerprint density at radius 3 is 2.26 bits per heavy atom. The van der Waals surface area contributed by atoms with Crippen LogP contribution in [0, 0.1) is 0 Å². The molecule has 3 heteroatoms. The van der Waals surface area contributed by atoms with E-state index in [0.717, 1.165) is 46.7 Å². The summed E-state index contributed by atoms with van der Waals surface area (Å²) in [6, 6.07) is 44.9. The van der Waals surface area contributed by atoms with Crippen molar-refractivity contribution in [2.24, 2.45) is 0 Å². The topological polar surface area (TPSA) is 33.1 Å². The summed E-state index contributed by atoms with van der Waals surface area (Å²) in [4.78, 5) is 4.91. The highest BCUT2D eigenvalue weighted by Crippen LogP contribution is 2.37. The van der Waals surface area contributed by atoms with Crippen LogP contribution in [0.15, 0.2) is 134 Å². The van der Waals surface area contributed by atoms with Crippen LogP contribution in [0.3, 0.4) is 0 Å². The maximum Gasteiger partial charge on any atom is 0.0793 e. The quantitative estimate of drug-likeness (QED) is 0.191. The fraction of sp³-hybridized carbons (Fsp3) is 0.159. The van der Waals surface area contributed by atoms with Gasteiger partial charge in [0.15, 0.2) is 0 Å². The van der Waals surface area contributed by atoms with E-state index in [1.54, 1.807) is 0 Å². The van der Waals surface area contributed by atoms with E-state index in [4.69, 9.17) is 16.6 Å². The number of aliphatic hydroxyl groups excluding tert-OH is 1. The van der Waals surface area contributed by atoms with Crippen molar-refractivity contribution in [1.82, 2.24) is 4.98 Å². The molecule has 8 rings (SSSR count). The molecule has 0 saturated carbocycles. The minimum atomic E-state index is -0.567. The van der Waals surface area contributed by atoms with Crippen LogP contribution < -0.4 is 10.4 Å². The first-order valence-corrected chi connectivity index (χ1v) is 17.0. The van der Waals surface area contributed by atoms with Gasteiger partial charge >= 0.3 is 0 Å². The second-order valence-corrected chi connectivity index (χ2v) is 13.2. The molecule has 6 aromatic rings. The monoisotopic (exact) mass is 629 g/mol. The normalized spacial score (nSPS) is 15.6. The van der Waals surface area contributed by atoms with Crippen LogP contribution in [0.4, 0.5) is 0 Å². The van der Waals surface area contributed by atoms with Crippen molar-refractivity contribution < 1.29 is 5.11 Å². The highest BCUT2D eigenvalue weighted by Gasteiger charge is 2.27. The van der Waals surface area contributed by atoms with Crippen LogP contribution in [0.5, 0.6) is 0 Å². The molecule has 230 valence electrons. The largest absolute Gasteiger partial charge is 0.388 e. The number of benzene rings is 5. The Morgan fingerprint density at radius 2 is 1.45 bits per heavy atom. The predicted octanol–water partition coefficient (Wildman–Crippen LogP) is 9.20. The van der Waals surface area contributed by atoms with E-state index in [0.29, 0.717) is 12.8 Å². The molecule has 2 unspecified atom stereocenters. The Bertz CT molecular complexity index is 2190. The molecule has 0 amide bonds. The van der Waals surface area contributed by atoms with Gasteiger partial charge in [0.25, 0.3) is 0 Å². The van der Waals surface area contributed by atoms with Crippen molar-refractivity contribution >= 4 is 23.3 Å². The van der Waals surface area contributed by atoms with Crippen LogP contribution in [0.1, 0.15) is 64.8 Å². The van der Waals surface area contributed by atoms with Crippen molar-refractivity contribution in [1.29, 1.82) is 0 Å². The number of aryl methyl sites for hydroxylation is 1. The third-order valence-corrected chi connectivity index (χ3v) is 10.3. The summed E-state index contributed by atoms with van der Waals surface area (Å²) >= 11 is 6.07. The van der Waals surface area contributed by atoms with E-state index in [1.165, 1.54) is 49.4 Å². The molecule has 1 N–H and O–H groups in total. The lowest BCUT2D eigenvalue weighted by molar-refractivity contribution is 0.167. The number of nitrogens with zero attached hydrogens (tertiary/aromatic N) is 1. The summed E-state index contributed by atoms with van der Waals surface area (Å²) in [6.45, 7) is 0. The minimum Gasteiger partial charge on any atom is -0.388 e. The molecule has 2 atom stereocenters. The zero-order valence-corrected chi connectivity index (χ0v) is 27.0. The first-order chi connectivity index (χ1) is 23.1. The summed E-state index contributed by atoms with van der Waals surface area (Å²) < 4.78 is 0. The zero-order chi connectivity index (χ0) is 31.7. The average molecular weight is 630 g/mol. The van der Waals surface area contributed by atoms with Crippen molar-refractivity contribution in [2.75, 3.05) is 0 Å². The fourth-order valence-corrected chi connectivity index (χ4v) is 7.79. The van der Waals surface area contributed by atoms with Gasteiger partial charge in [-0.1, -0.05) is 127 Å². The van der Waals surface area contributed by atoms with Gasteiger partial charge in [0.1, 0.15) is 0 Å². The van der Waals surface area contributed by atoms with Gasteiger partial charge in [-0.15, -0.1) is 0 Å². The van der Waals surface area contributed by atoms with E-state index in [1.807, 2.05) is 42.6 Å². The molecule has 0 aliphatic heterocycles. The fourth-order valence-electron chi connectivity index (χ4n) is 7.66. The van der Waals surface area contributed by atoms with Gasteiger partial charge in [-0.25, -0.2) is 0 Å². The Labute approximate surface area is 281 Å². The molecule has 2 aliphatic rings. The van der Waals surface area contributed by atoms with Crippen LogP contribution in [0.25, 0.3) is 33.9 Å². The maximum atomic E-state index is 11.3. The Kier molecular flexibility index (Phi) is 8.07. The van der Waals surface area contributed by atoms with Crippen LogP contribution >= 0.6 is 11.6 Å². The van der Waals surface area contributed by atoms with E-state index in [9.17, 15) is 5.11 Å². The summed E-state index contributed by atoms with van der Waals surface area (Å²) in [7, 11) is 0. The van der Waals surface area contributed by atoms with E-state index >= 15 is 0 Å². The number of rotatable bonds is 7. The number of aliphatic hydroxyl groups is 1. The van der Waals surface area contributed by atoms with Crippen LogP contribution in [-0.2, 0) is 12.8 Å². The smallest absolute Gasteiger partial charge is 0.0793 e. The maximum absolute atomic E-state index is 11.3. The van der Waals surface area contributed by atoms with Gasteiger partial charge in [-0.05, 0) is 116 Å². The molecule has 0 spiro atoms. The number of halogens is 1. The molecule has 47 heavy (non-hydrogen) atoms. The number of pyridine rings is 1. The lowest BCUT2D eigenvalue weighted by Crippen LogP contribution is -2.38. The van der Waals surface area contributed by atoms with Crippen molar-refractivity contribution in [3.8, 4) is 22.3 Å². The number of hydrogen-bond donors (Lipinski definition) is 1. The van der Waals surface area contributed by atoms with Crippen LogP contribution in [-0.4, -0.2) is 10.1 Å². The molecular formula is C44H36ClNO. The summed E-state index contributed by atoms with van der Waals surface area (Å²) in [5.41, 5.74) is 13.7. The van der Waals surface area contributed by atoms with E-state index < -0.39 is 6.10 Å². The SMILES string of the molecule is OC(CCc1ncccc1C1CCC(c2ccccc2)=c2c1ccc1c2=CCc2ccccc2-1)c1ccc(-c2ccc(Cl)cc2)cc1. The number of hydrogen-bond acceptors (Lipinski definition) is 2. The van der Waals surface area contributed by atoms with Gasteiger partial charge in [-0.3, -0.25) is 4.98 Å². The molecule has 1 aromatic heterocycles. The summed E-state index contributed by atoms with van der Waals surface area (Å²) in [6.07, 6.45) is 8.08. The first-order valence-electron chi connectivity index (χ1n) is 16.6. The van der Waals surface area contributed by atoms with Gasteiger partial charge in [-0.2, -0.15) is 0 Å². The third-order valence-electron chi connectivity index (χ3n) is 10.0. The first kappa shape index (κ1) is 29.6. The van der Waals surface area contributed by atoms with Crippen LogP contribution in [0.2, 0.25) is 5.02 Å². The molecule has 0 bridgehead atoms. The molecular weight excluding hydrogens is 594 g/mol. The van der Waals surface area contributed by atoms with Crippen molar-refractivity contribution in [3.63, 3.8) is 0 Å². The Morgan fingerprint density at radius 1 is 0.702 bits per heavy atom. The lowest BCUT2D eigenvalue weighted by atomic mass is 9.75. The highest BCUT2D eigenvalue weighted by molar-refractivity contribution is 6.30. The van der Waals surface area contributed by atoms with Gasteiger partial charge in [0, 0.05) is 22.8 Å². The van der Waals surface area contributed by atoms with Crippen molar-refractivity contribution in [2.45, 2.75) is 44.1 Å². The predicted molar refractivity (Wildman–Crippen MR) is 194 cm³/mol. The second kappa shape index (κ2) is 12.8. The molecule has 2 nitrogen and oxygen atoms in total. The molecule has 1 heterocycles. The Balaban J connectivity index is 1.13.